The fraction of sp³-hybridized carbons (Fsp3) is 0. The van der Waals surface area contributed by atoms with E-state index in [1.807, 2.05) is 18.2 Å². The Labute approximate surface area is 216 Å². The van der Waals surface area contributed by atoms with Crippen molar-refractivity contribution in [1.29, 1.82) is 0 Å². The zero-order valence-corrected chi connectivity index (χ0v) is 20.2. The average molecular weight is 489 g/mol. The van der Waals surface area contributed by atoms with E-state index < -0.39 is 0 Å². The first-order chi connectivity index (χ1) is 18.9. The lowest BCUT2D eigenvalue weighted by molar-refractivity contribution is 0.645. The number of aromatic nitrogens is 4. The van der Waals surface area contributed by atoms with Gasteiger partial charge in [0.15, 0.2) is 0 Å². The van der Waals surface area contributed by atoms with Crippen LogP contribution in [0.4, 0.5) is 0 Å². The van der Waals surface area contributed by atoms with E-state index in [4.69, 9.17) is 9.40 Å². The summed E-state index contributed by atoms with van der Waals surface area (Å²) in [6, 6.07) is 42.3. The molecular weight excluding hydrogens is 468 g/mol. The van der Waals surface area contributed by atoms with Crippen molar-refractivity contribution in [2.45, 2.75) is 0 Å². The molecule has 0 amide bonds. The van der Waals surface area contributed by atoms with Crippen LogP contribution in [0.1, 0.15) is 0 Å². The lowest BCUT2D eigenvalue weighted by atomic mass is 10.1. The SMILES string of the molecule is c1ccc(-n2c3ccccc3c3ccc(-n4c5oc6ccccc6c5n5c6ccccc6nc45)cc32)cc1. The first-order valence-corrected chi connectivity index (χ1v) is 12.7. The molecule has 4 heterocycles. The summed E-state index contributed by atoms with van der Waals surface area (Å²) < 4.78 is 13.2. The van der Waals surface area contributed by atoms with Gasteiger partial charge in [0.05, 0.1) is 27.8 Å². The number of imidazole rings is 2. The number of furan rings is 1. The quantitative estimate of drug-likeness (QED) is 0.246. The second-order valence-electron chi connectivity index (χ2n) is 9.71. The largest absolute Gasteiger partial charge is 0.437 e. The topological polar surface area (TPSA) is 40.3 Å². The maximum atomic E-state index is 6.51. The van der Waals surface area contributed by atoms with Crippen LogP contribution in [0, 0.1) is 0 Å². The van der Waals surface area contributed by atoms with Crippen molar-refractivity contribution < 1.29 is 4.42 Å². The van der Waals surface area contributed by atoms with Gasteiger partial charge in [0.25, 0.3) is 0 Å². The minimum atomic E-state index is 0.793. The molecule has 0 N–H and O–H groups in total. The van der Waals surface area contributed by atoms with Gasteiger partial charge in [-0.1, -0.05) is 66.7 Å². The molecule has 0 aliphatic carbocycles. The molecule has 0 fully saturated rings. The van der Waals surface area contributed by atoms with Crippen LogP contribution >= 0.6 is 0 Å². The maximum Gasteiger partial charge on any atom is 0.232 e. The van der Waals surface area contributed by atoms with Crippen molar-refractivity contribution >= 4 is 60.8 Å². The smallest absolute Gasteiger partial charge is 0.232 e. The summed E-state index contributed by atoms with van der Waals surface area (Å²) in [6.07, 6.45) is 0. The number of rotatable bonds is 2. The summed E-state index contributed by atoms with van der Waals surface area (Å²) in [5.74, 6) is 0.840. The fourth-order valence-corrected chi connectivity index (χ4v) is 6.05. The molecular formula is C33H20N4O. The van der Waals surface area contributed by atoms with Crippen molar-refractivity contribution in [3.8, 4) is 11.4 Å². The van der Waals surface area contributed by atoms with Gasteiger partial charge in [-0.2, -0.15) is 0 Å². The van der Waals surface area contributed by atoms with Crippen molar-refractivity contribution in [2.75, 3.05) is 0 Å². The summed E-state index contributed by atoms with van der Waals surface area (Å²) in [4.78, 5) is 5.07. The predicted octanol–water partition coefficient (Wildman–Crippen LogP) is 8.27. The first kappa shape index (κ1) is 19.8. The summed E-state index contributed by atoms with van der Waals surface area (Å²) in [7, 11) is 0. The summed E-state index contributed by atoms with van der Waals surface area (Å²) >= 11 is 0. The van der Waals surface area contributed by atoms with Crippen molar-refractivity contribution in [2.24, 2.45) is 0 Å². The summed E-state index contributed by atoms with van der Waals surface area (Å²) in [5.41, 5.74) is 9.19. The third kappa shape index (κ3) is 2.47. The average Bonchev–Trinajstić information content (AvgIpc) is 3.69. The van der Waals surface area contributed by atoms with Gasteiger partial charge in [-0.05, 0) is 54.6 Å². The van der Waals surface area contributed by atoms with Gasteiger partial charge in [0.1, 0.15) is 11.1 Å². The van der Waals surface area contributed by atoms with Crippen molar-refractivity contribution in [1.82, 2.24) is 18.5 Å². The zero-order valence-electron chi connectivity index (χ0n) is 20.2. The monoisotopic (exact) mass is 488 g/mol. The second-order valence-corrected chi connectivity index (χ2v) is 9.71. The number of para-hydroxylation sites is 5. The Balaban J connectivity index is 1.45. The molecule has 38 heavy (non-hydrogen) atoms. The van der Waals surface area contributed by atoms with E-state index in [0.717, 1.165) is 55.9 Å². The molecule has 0 unspecified atom stereocenters. The minimum absolute atomic E-state index is 0.793. The predicted molar refractivity (Wildman–Crippen MR) is 154 cm³/mol. The molecule has 5 heteroatoms. The molecule has 9 rings (SSSR count). The highest BCUT2D eigenvalue weighted by molar-refractivity contribution is 6.10. The molecule has 0 aliphatic heterocycles. The van der Waals surface area contributed by atoms with Crippen molar-refractivity contribution in [3.63, 3.8) is 0 Å². The standard InChI is InChI=1S/C33H20N4O/c1-2-10-21(11-3-1)35-27-15-7-4-12-23(27)24-19-18-22(20-29(24)35)36-32-31(25-13-5-9-17-30(25)38-32)37-28-16-8-6-14-26(28)34-33(36)37/h1-20H. The van der Waals surface area contributed by atoms with Crippen LogP contribution in [-0.2, 0) is 0 Å². The molecule has 0 spiro atoms. The molecule has 0 bridgehead atoms. The number of fused-ring (bicyclic) bond motifs is 10. The van der Waals surface area contributed by atoms with Crippen LogP contribution in [-0.4, -0.2) is 18.5 Å². The van der Waals surface area contributed by atoms with Crippen LogP contribution in [0.2, 0.25) is 0 Å². The molecule has 0 saturated carbocycles. The normalized spacial score (nSPS) is 12.2. The highest BCUT2D eigenvalue weighted by Gasteiger charge is 2.23. The van der Waals surface area contributed by atoms with E-state index in [1.54, 1.807) is 0 Å². The third-order valence-electron chi connectivity index (χ3n) is 7.65. The molecule has 0 atom stereocenters. The fourth-order valence-electron chi connectivity index (χ4n) is 6.05. The summed E-state index contributed by atoms with van der Waals surface area (Å²) in [6.45, 7) is 0. The molecule has 0 radical (unpaired) electrons. The number of hydrogen-bond acceptors (Lipinski definition) is 2. The van der Waals surface area contributed by atoms with E-state index in [1.165, 1.54) is 16.3 Å². The van der Waals surface area contributed by atoms with Gasteiger partial charge in [0, 0.05) is 21.8 Å². The molecule has 4 aromatic heterocycles. The Kier molecular flexibility index (Phi) is 3.73. The Morgan fingerprint density at radius 3 is 2.13 bits per heavy atom. The van der Waals surface area contributed by atoms with E-state index in [2.05, 4.69) is 117 Å². The molecule has 5 nitrogen and oxygen atoms in total. The highest BCUT2D eigenvalue weighted by atomic mass is 16.3. The first-order valence-electron chi connectivity index (χ1n) is 12.7. The van der Waals surface area contributed by atoms with Gasteiger partial charge < -0.3 is 8.98 Å². The second kappa shape index (κ2) is 7.14. The number of nitrogens with zero attached hydrogens (tertiary/aromatic N) is 4. The maximum absolute atomic E-state index is 6.51. The minimum Gasteiger partial charge on any atom is -0.437 e. The third-order valence-corrected chi connectivity index (χ3v) is 7.65. The Hall–Kier alpha value is -5.29. The Bertz CT molecular complexity index is 2260. The Morgan fingerprint density at radius 1 is 0.526 bits per heavy atom. The van der Waals surface area contributed by atoms with E-state index in [0.29, 0.717) is 0 Å². The van der Waals surface area contributed by atoms with Crippen LogP contribution in [0.3, 0.4) is 0 Å². The lowest BCUT2D eigenvalue weighted by Gasteiger charge is -2.09. The molecule has 0 aliphatic rings. The van der Waals surface area contributed by atoms with Crippen molar-refractivity contribution in [3.05, 3.63) is 121 Å². The van der Waals surface area contributed by atoms with Crippen LogP contribution in [0.5, 0.6) is 0 Å². The lowest BCUT2D eigenvalue weighted by Crippen LogP contribution is -1.97. The molecule has 178 valence electrons. The zero-order chi connectivity index (χ0) is 24.8. The van der Waals surface area contributed by atoms with Crippen LogP contribution in [0.25, 0.3) is 72.2 Å². The van der Waals surface area contributed by atoms with Gasteiger partial charge in [-0.25, -0.2) is 9.55 Å². The Morgan fingerprint density at radius 2 is 1.24 bits per heavy atom. The van der Waals surface area contributed by atoms with E-state index >= 15 is 0 Å². The van der Waals surface area contributed by atoms with Gasteiger partial charge in [0.2, 0.25) is 11.5 Å². The number of hydrogen-bond donors (Lipinski definition) is 0. The van der Waals surface area contributed by atoms with Gasteiger partial charge in [-0.3, -0.25) is 4.40 Å². The van der Waals surface area contributed by atoms with E-state index in [9.17, 15) is 0 Å². The molecule has 0 saturated heterocycles. The number of benzene rings is 5. The van der Waals surface area contributed by atoms with Crippen LogP contribution < -0.4 is 0 Å². The van der Waals surface area contributed by atoms with Gasteiger partial charge >= 0.3 is 0 Å². The summed E-state index contributed by atoms with van der Waals surface area (Å²) in [5, 5.41) is 3.52. The van der Waals surface area contributed by atoms with Crippen LogP contribution in [0.15, 0.2) is 126 Å². The molecule has 9 aromatic rings. The molecule has 5 aromatic carbocycles. The van der Waals surface area contributed by atoms with Gasteiger partial charge in [-0.15, -0.1) is 0 Å². The van der Waals surface area contributed by atoms with E-state index in [-0.39, 0.29) is 0 Å². The highest BCUT2D eigenvalue weighted by Crippen LogP contribution is 2.38.